The number of benzene rings is 1. The molecule has 1 aromatic heterocycles. The molecule has 1 saturated heterocycles. The second-order valence-electron chi connectivity index (χ2n) is 5.52. The predicted octanol–water partition coefficient (Wildman–Crippen LogP) is 3.78. The number of hydrogen-bond donors (Lipinski definition) is 0. The van der Waals surface area contributed by atoms with Gasteiger partial charge in [0, 0.05) is 6.54 Å². The molecular weight excluding hydrogens is 334 g/mol. The summed E-state index contributed by atoms with van der Waals surface area (Å²) in [6.45, 7) is 2.06. The standard InChI is InChI=1S/C16H14ClN3O2S/c17-15-11(9-18)16(23-19-15)20-5-1-2-12(20)10-3-4-13-14(8-10)22-7-6-21-13/h3-4,8,12H,1-2,5-7H2/t12-/m0/s1. The van der Waals surface area contributed by atoms with Crippen molar-refractivity contribution >= 4 is 28.1 Å². The van der Waals surface area contributed by atoms with E-state index in [0.29, 0.717) is 23.9 Å². The Kier molecular flexibility index (Phi) is 3.76. The van der Waals surface area contributed by atoms with Crippen LogP contribution >= 0.6 is 23.1 Å². The summed E-state index contributed by atoms with van der Waals surface area (Å²) in [5.74, 6) is 1.59. The molecule has 0 spiro atoms. The maximum absolute atomic E-state index is 9.33. The average molecular weight is 348 g/mol. The number of aromatic nitrogens is 1. The summed E-state index contributed by atoms with van der Waals surface area (Å²) in [5, 5.41) is 10.5. The molecule has 0 radical (unpaired) electrons. The molecule has 0 bridgehead atoms. The summed E-state index contributed by atoms with van der Waals surface area (Å²) in [6, 6.07) is 8.46. The molecule has 118 valence electrons. The summed E-state index contributed by atoms with van der Waals surface area (Å²) in [6.07, 6.45) is 2.10. The van der Waals surface area contributed by atoms with Crippen molar-refractivity contribution in [3.63, 3.8) is 0 Å². The van der Waals surface area contributed by atoms with Gasteiger partial charge in [0.1, 0.15) is 29.8 Å². The summed E-state index contributed by atoms with van der Waals surface area (Å²) >= 11 is 7.32. The van der Waals surface area contributed by atoms with E-state index in [9.17, 15) is 5.26 Å². The zero-order valence-electron chi connectivity index (χ0n) is 12.3. The highest BCUT2D eigenvalue weighted by molar-refractivity contribution is 7.10. The molecule has 1 fully saturated rings. The molecular formula is C16H14ClN3O2S. The van der Waals surface area contributed by atoms with E-state index in [1.807, 2.05) is 12.1 Å². The molecule has 2 aliphatic rings. The van der Waals surface area contributed by atoms with Crippen LogP contribution in [0.3, 0.4) is 0 Å². The van der Waals surface area contributed by atoms with E-state index >= 15 is 0 Å². The largest absolute Gasteiger partial charge is 0.486 e. The lowest BCUT2D eigenvalue weighted by atomic mass is 10.0. The molecule has 4 rings (SSSR count). The van der Waals surface area contributed by atoms with E-state index in [1.54, 1.807) is 0 Å². The Balaban J connectivity index is 1.69. The predicted molar refractivity (Wildman–Crippen MR) is 88.6 cm³/mol. The minimum atomic E-state index is 0.203. The molecule has 3 heterocycles. The minimum absolute atomic E-state index is 0.203. The first-order valence-electron chi connectivity index (χ1n) is 7.49. The molecule has 0 aliphatic carbocycles. The summed E-state index contributed by atoms with van der Waals surface area (Å²) in [4.78, 5) is 2.23. The van der Waals surface area contributed by atoms with Gasteiger partial charge in [0.2, 0.25) is 0 Å². The molecule has 2 aromatic rings. The second-order valence-corrected chi connectivity index (χ2v) is 6.63. The molecule has 7 heteroatoms. The molecule has 0 N–H and O–H groups in total. The molecule has 0 saturated carbocycles. The van der Waals surface area contributed by atoms with Crippen LogP contribution in [0, 0.1) is 11.3 Å². The van der Waals surface area contributed by atoms with Crippen molar-refractivity contribution in [1.29, 1.82) is 5.26 Å². The normalized spacial score (nSPS) is 19.7. The Morgan fingerprint density at radius 3 is 2.96 bits per heavy atom. The van der Waals surface area contributed by atoms with Crippen LogP contribution in [0.4, 0.5) is 5.00 Å². The number of anilines is 1. The van der Waals surface area contributed by atoms with Crippen LogP contribution in [-0.4, -0.2) is 24.1 Å². The third-order valence-electron chi connectivity index (χ3n) is 4.21. The van der Waals surface area contributed by atoms with Gasteiger partial charge in [-0.2, -0.15) is 9.64 Å². The lowest BCUT2D eigenvalue weighted by Crippen LogP contribution is -2.23. The topological polar surface area (TPSA) is 58.4 Å². The number of fused-ring (bicyclic) bond motifs is 1. The van der Waals surface area contributed by atoms with Crippen molar-refractivity contribution in [2.24, 2.45) is 0 Å². The molecule has 23 heavy (non-hydrogen) atoms. The summed E-state index contributed by atoms with van der Waals surface area (Å²) < 4.78 is 15.4. The number of halogens is 1. The van der Waals surface area contributed by atoms with E-state index in [1.165, 1.54) is 17.1 Å². The Morgan fingerprint density at radius 1 is 1.30 bits per heavy atom. The minimum Gasteiger partial charge on any atom is -0.486 e. The van der Waals surface area contributed by atoms with Crippen molar-refractivity contribution < 1.29 is 9.47 Å². The number of nitrogens with zero attached hydrogens (tertiary/aromatic N) is 3. The average Bonchev–Trinajstić information content (AvgIpc) is 3.20. The molecule has 1 aromatic carbocycles. The van der Waals surface area contributed by atoms with E-state index in [0.717, 1.165) is 35.9 Å². The quantitative estimate of drug-likeness (QED) is 0.827. The van der Waals surface area contributed by atoms with Gasteiger partial charge in [-0.15, -0.1) is 0 Å². The highest BCUT2D eigenvalue weighted by atomic mass is 35.5. The highest BCUT2D eigenvalue weighted by Gasteiger charge is 2.31. The SMILES string of the molecule is N#Cc1c(Cl)nsc1N1CCC[C@H]1c1ccc2c(c1)OCCO2. The van der Waals surface area contributed by atoms with Crippen LogP contribution in [-0.2, 0) is 0 Å². The van der Waals surface area contributed by atoms with Crippen LogP contribution in [0.15, 0.2) is 18.2 Å². The fraction of sp³-hybridized carbons (Fsp3) is 0.375. The first kappa shape index (κ1) is 14.6. The lowest BCUT2D eigenvalue weighted by molar-refractivity contribution is 0.171. The van der Waals surface area contributed by atoms with Gasteiger partial charge in [-0.1, -0.05) is 17.7 Å². The van der Waals surface area contributed by atoms with Gasteiger partial charge < -0.3 is 14.4 Å². The Hall–Kier alpha value is -1.97. The van der Waals surface area contributed by atoms with Gasteiger partial charge in [0.15, 0.2) is 16.7 Å². The summed E-state index contributed by atoms with van der Waals surface area (Å²) in [5.41, 5.74) is 1.64. The van der Waals surface area contributed by atoms with Crippen molar-refractivity contribution in [3.05, 3.63) is 34.5 Å². The van der Waals surface area contributed by atoms with E-state index < -0.39 is 0 Å². The first-order chi connectivity index (χ1) is 11.3. The second kappa shape index (κ2) is 5.91. The number of ether oxygens (including phenoxy) is 2. The monoisotopic (exact) mass is 347 g/mol. The smallest absolute Gasteiger partial charge is 0.162 e. The van der Waals surface area contributed by atoms with Crippen LogP contribution in [0.1, 0.15) is 30.0 Å². The molecule has 1 atom stereocenters. The van der Waals surface area contributed by atoms with E-state index in [-0.39, 0.29) is 6.04 Å². The zero-order chi connectivity index (χ0) is 15.8. The van der Waals surface area contributed by atoms with Gasteiger partial charge in [-0.25, -0.2) is 0 Å². The first-order valence-corrected chi connectivity index (χ1v) is 8.64. The van der Waals surface area contributed by atoms with Crippen LogP contribution in [0.5, 0.6) is 11.5 Å². The Bertz CT molecular complexity index is 786. The fourth-order valence-electron chi connectivity index (χ4n) is 3.18. The van der Waals surface area contributed by atoms with Crippen LogP contribution < -0.4 is 14.4 Å². The zero-order valence-corrected chi connectivity index (χ0v) is 13.9. The third kappa shape index (κ3) is 2.50. The molecule has 2 aliphatic heterocycles. The number of hydrogen-bond acceptors (Lipinski definition) is 6. The molecule has 0 unspecified atom stereocenters. The lowest BCUT2D eigenvalue weighted by Gasteiger charge is -2.27. The van der Waals surface area contributed by atoms with Gasteiger partial charge in [0.05, 0.1) is 6.04 Å². The maximum Gasteiger partial charge on any atom is 0.162 e. The van der Waals surface area contributed by atoms with Gasteiger partial charge in [-0.05, 0) is 42.1 Å². The number of rotatable bonds is 2. The van der Waals surface area contributed by atoms with Gasteiger partial charge in [-0.3, -0.25) is 0 Å². The number of nitriles is 1. The Labute approximate surface area is 143 Å². The molecule has 0 amide bonds. The Morgan fingerprint density at radius 2 is 2.13 bits per heavy atom. The van der Waals surface area contributed by atoms with Gasteiger partial charge >= 0.3 is 0 Å². The van der Waals surface area contributed by atoms with E-state index in [2.05, 4.69) is 21.4 Å². The van der Waals surface area contributed by atoms with Crippen molar-refractivity contribution in [3.8, 4) is 17.6 Å². The van der Waals surface area contributed by atoms with Crippen LogP contribution in [0.2, 0.25) is 5.15 Å². The fourth-order valence-corrected chi connectivity index (χ4v) is 4.28. The highest BCUT2D eigenvalue weighted by Crippen LogP contribution is 2.43. The van der Waals surface area contributed by atoms with Crippen molar-refractivity contribution in [2.75, 3.05) is 24.7 Å². The van der Waals surface area contributed by atoms with Crippen molar-refractivity contribution in [2.45, 2.75) is 18.9 Å². The maximum atomic E-state index is 9.33. The van der Waals surface area contributed by atoms with E-state index in [4.69, 9.17) is 21.1 Å². The third-order valence-corrected chi connectivity index (χ3v) is 5.47. The summed E-state index contributed by atoms with van der Waals surface area (Å²) in [7, 11) is 0. The molecule has 5 nitrogen and oxygen atoms in total. The van der Waals surface area contributed by atoms with Gasteiger partial charge in [0.25, 0.3) is 0 Å². The van der Waals surface area contributed by atoms with Crippen molar-refractivity contribution in [1.82, 2.24) is 4.37 Å². The van der Waals surface area contributed by atoms with Crippen LogP contribution in [0.25, 0.3) is 0 Å².